The summed E-state index contributed by atoms with van der Waals surface area (Å²) in [5, 5.41) is 7.12. The topological polar surface area (TPSA) is 62.0 Å². The van der Waals surface area contributed by atoms with Crippen LogP contribution in [0.3, 0.4) is 0 Å². The van der Waals surface area contributed by atoms with E-state index in [2.05, 4.69) is 46.8 Å². The van der Waals surface area contributed by atoms with Gasteiger partial charge in [-0.3, -0.25) is 0 Å². The third-order valence-electron chi connectivity index (χ3n) is 5.16. The molecule has 0 aliphatic heterocycles. The van der Waals surface area contributed by atoms with Crippen molar-refractivity contribution in [2.24, 2.45) is 0 Å². The van der Waals surface area contributed by atoms with Crippen LogP contribution in [0.1, 0.15) is 11.3 Å². The molecule has 3 N–H and O–H groups in total. The molecule has 0 saturated carbocycles. The summed E-state index contributed by atoms with van der Waals surface area (Å²) in [6, 6.07) is 26.3. The highest BCUT2D eigenvalue weighted by atomic mass is 32.1. The van der Waals surface area contributed by atoms with Gasteiger partial charge in [0.05, 0.1) is 12.8 Å². The summed E-state index contributed by atoms with van der Waals surface area (Å²) in [7, 11) is 1.67. The van der Waals surface area contributed by atoms with Crippen LogP contribution in [0.2, 0.25) is 0 Å². The number of methoxy groups -OCH3 is 1. The van der Waals surface area contributed by atoms with Crippen LogP contribution in [0.5, 0.6) is 5.75 Å². The summed E-state index contributed by atoms with van der Waals surface area (Å²) in [4.78, 5) is 8.42. The van der Waals surface area contributed by atoms with Crippen LogP contribution in [0.15, 0.2) is 78.9 Å². The number of rotatable bonds is 7. The Morgan fingerprint density at radius 2 is 1.66 bits per heavy atom. The molecule has 1 aromatic heterocycles. The maximum absolute atomic E-state index is 5.46. The third kappa shape index (κ3) is 5.34. The smallest absolute Gasteiger partial charge is 0.170 e. The van der Waals surface area contributed by atoms with Gasteiger partial charge in [0.25, 0.3) is 0 Å². The Labute approximate surface area is 193 Å². The summed E-state index contributed by atoms with van der Waals surface area (Å²) in [5.74, 6) is 1.68. The number of H-pyrrole nitrogens is 1. The molecule has 162 valence electrons. The highest BCUT2D eigenvalue weighted by Gasteiger charge is 2.14. The Morgan fingerprint density at radius 1 is 0.938 bits per heavy atom. The molecular formula is C26H26N4OS. The van der Waals surface area contributed by atoms with Gasteiger partial charge in [-0.25, -0.2) is 4.98 Å². The number of hydrogen-bond donors (Lipinski definition) is 3. The van der Waals surface area contributed by atoms with Crippen molar-refractivity contribution < 1.29 is 4.74 Å². The number of aromatic nitrogens is 2. The number of thiocarbonyl (C=S) groups is 1. The van der Waals surface area contributed by atoms with Gasteiger partial charge < -0.3 is 20.4 Å². The van der Waals surface area contributed by atoms with Gasteiger partial charge >= 0.3 is 0 Å². The molecule has 0 atom stereocenters. The maximum Gasteiger partial charge on any atom is 0.170 e. The molecule has 0 aliphatic carbocycles. The van der Waals surface area contributed by atoms with E-state index >= 15 is 0 Å². The standard InChI is InChI=1S/C26H26N4OS/c1-18-8-12-21(13-9-18)28-26(32)27-17-16-23-24(19-10-14-22(31-2)15-11-19)30-25(29-23)20-6-4-3-5-7-20/h3-15H,16-17H2,1-2H3,(H,29,30)(H2,27,28,32). The SMILES string of the molecule is COc1ccc(-c2nc(-c3ccccc3)[nH]c2CCNC(=S)Nc2ccc(C)cc2)cc1. The number of aromatic amines is 1. The largest absolute Gasteiger partial charge is 0.497 e. The quantitative estimate of drug-likeness (QED) is 0.326. The van der Waals surface area contributed by atoms with Crippen LogP contribution < -0.4 is 15.4 Å². The van der Waals surface area contributed by atoms with Crippen molar-refractivity contribution in [3.05, 3.63) is 90.1 Å². The van der Waals surface area contributed by atoms with E-state index in [1.807, 2.05) is 54.6 Å². The highest BCUT2D eigenvalue weighted by Crippen LogP contribution is 2.28. The van der Waals surface area contributed by atoms with Gasteiger partial charge in [-0.1, -0.05) is 48.0 Å². The highest BCUT2D eigenvalue weighted by molar-refractivity contribution is 7.80. The zero-order valence-electron chi connectivity index (χ0n) is 18.2. The number of nitrogens with one attached hydrogen (secondary N) is 3. The lowest BCUT2D eigenvalue weighted by Crippen LogP contribution is -2.30. The Hall–Kier alpha value is -3.64. The van der Waals surface area contributed by atoms with E-state index in [0.717, 1.165) is 46.2 Å². The summed E-state index contributed by atoms with van der Waals surface area (Å²) >= 11 is 5.46. The molecule has 32 heavy (non-hydrogen) atoms. The minimum absolute atomic E-state index is 0.600. The van der Waals surface area contributed by atoms with Crippen molar-refractivity contribution in [2.75, 3.05) is 19.0 Å². The van der Waals surface area contributed by atoms with Crippen LogP contribution in [0.25, 0.3) is 22.6 Å². The number of aryl methyl sites for hydroxylation is 1. The molecule has 0 aliphatic rings. The van der Waals surface area contributed by atoms with E-state index < -0.39 is 0 Å². The summed E-state index contributed by atoms with van der Waals surface area (Å²) in [6.45, 7) is 2.74. The van der Waals surface area contributed by atoms with Gasteiger partial charge in [-0.05, 0) is 55.5 Å². The van der Waals surface area contributed by atoms with E-state index in [0.29, 0.717) is 11.7 Å². The monoisotopic (exact) mass is 442 g/mol. The molecule has 0 radical (unpaired) electrons. The second-order valence-electron chi connectivity index (χ2n) is 7.50. The van der Waals surface area contributed by atoms with E-state index in [1.165, 1.54) is 5.56 Å². The minimum Gasteiger partial charge on any atom is -0.497 e. The maximum atomic E-state index is 5.46. The third-order valence-corrected chi connectivity index (χ3v) is 5.41. The van der Waals surface area contributed by atoms with Crippen LogP contribution in [0.4, 0.5) is 5.69 Å². The molecule has 5 nitrogen and oxygen atoms in total. The first kappa shape index (κ1) is 21.6. The number of ether oxygens (including phenoxy) is 1. The zero-order chi connectivity index (χ0) is 22.3. The Kier molecular flexibility index (Phi) is 6.82. The molecule has 0 saturated heterocycles. The average molecular weight is 443 g/mol. The van der Waals surface area contributed by atoms with Gasteiger partial charge in [0.15, 0.2) is 5.11 Å². The predicted molar refractivity (Wildman–Crippen MR) is 135 cm³/mol. The lowest BCUT2D eigenvalue weighted by Gasteiger charge is -2.11. The number of hydrogen-bond acceptors (Lipinski definition) is 3. The van der Waals surface area contributed by atoms with Crippen LogP contribution >= 0.6 is 12.2 Å². The first-order chi connectivity index (χ1) is 15.6. The van der Waals surface area contributed by atoms with Crippen molar-refractivity contribution in [1.82, 2.24) is 15.3 Å². The van der Waals surface area contributed by atoms with Crippen molar-refractivity contribution in [3.8, 4) is 28.4 Å². The number of imidazole rings is 1. The van der Waals surface area contributed by atoms with E-state index in [1.54, 1.807) is 7.11 Å². The fourth-order valence-electron chi connectivity index (χ4n) is 3.42. The van der Waals surface area contributed by atoms with Crippen molar-refractivity contribution in [3.63, 3.8) is 0 Å². The second kappa shape index (κ2) is 10.1. The summed E-state index contributed by atoms with van der Waals surface area (Å²) in [6.07, 6.45) is 0.747. The van der Waals surface area contributed by atoms with E-state index in [9.17, 15) is 0 Å². The molecule has 0 bridgehead atoms. The number of nitrogens with zero attached hydrogens (tertiary/aromatic N) is 1. The zero-order valence-corrected chi connectivity index (χ0v) is 19.0. The van der Waals surface area contributed by atoms with Gasteiger partial charge in [0.1, 0.15) is 11.6 Å². The lowest BCUT2D eigenvalue weighted by atomic mass is 10.1. The van der Waals surface area contributed by atoms with Crippen molar-refractivity contribution >= 4 is 23.0 Å². The van der Waals surface area contributed by atoms with E-state index in [4.69, 9.17) is 21.9 Å². The Morgan fingerprint density at radius 3 is 2.34 bits per heavy atom. The van der Waals surface area contributed by atoms with Crippen LogP contribution in [-0.2, 0) is 6.42 Å². The van der Waals surface area contributed by atoms with Crippen molar-refractivity contribution in [1.29, 1.82) is 0 Å². The molecule has 0 spiro atoms. The normalized spacial score (nSPS) is 10.6. The Balaban J connectivity index is 1.49. The predicted octanol–water partition coefficient (Wildman–Crippen LogP) is 5.59. The van der Waals surface area contributed by atoms with Gasteiger partial charge in [-0.15, -0.1) is 0 Å². The van der Waals surface area contributed by atoms with Gasteiger partial charge in [0.2, 0.25) is 0 Å². The van der Waals surface area contributed by atoms with E-state index in [-0.39, 0.29) is 0 Å². The molecule has 1 heterocycles. The van der Waals surface area contributed by atoms with Gasteiger partial charge in [-0.2, -0.15) is 0 Å². The fraction of sp³-hybridized carbons (Fsp3) is 0.154. The minimum atomic E-state index is 0.600. The van der Waals surface area contributed by atoms with Gasteiger partial charge in [0, 0.05) is 35.5 Å². The molecule has 3 aromatic carbocycles. The second-order valence-corrected chi connectivity index (χ2v) is 7.91. The molecule has 0 unspecified atom stereocenters. The van der Waals surface area contributed by atoms with Crippen LogP contribution in [0, 0.1) is 6.92 Å². The summed E-state index contributed by atoms with van der Waals surface area (Å²) in [5.41, 5.74) is 6.27. The molecule has 0 fully saturated rings. The number of anilines is 1. The Bertz CT molecular complexity index is 1170. The first-order valence-electron chi connectivity index (χ1n) is 10.5. The first-order valence-corrected chi connectivity index (χ1v) is 10.9. The average Bonchev–Trinajstić information content (AvgIpc) is 3.25. The molecule has 4 rings (SSSR count). The summed E-state index contributed by atoms with van der Waals surface area (Å²) < 4.78 is 5.30. The molecular weight excluding hydrogens is 416 g/mol. The molecule has 0 amide bonds. The molecule has 6 heteroatoms. The van der Waals surface area contributed by atoms with Crippen molar-refractivity contribution in [2.45, 2.75) is 13.3 Å². The fourth-order valence-corrected chi connectivity index (χ4v) is 3.64. The lowest BCUT2D eigenvalue weighted by molar-refractivity contribution is 0.415. The molecule has 4 aromatic rings. The van der Waals surface area contributed by atoms with Crippen LogP contribution in [-0.4, -0.2) is 28.7 Å². The number of benzene rings is 3.